The summed E-state index contributed by atoms with van der Waals surface area (Å²) in [5.74, 6) is 2.09. The van der Waals surface area contributed by atoms with Gasteiger partial charge in [0.05, 0.1) is 13.4 Å². The molecule has 3 aromatic rings. The fraction of sp³-hybridized carbons (Fsp3) is 0.484. The van der Waals surface area contributed by atoms with Crippen molar-refractivity contribution in [3.63, 3.8) is 0 Å². The number of carbonyl (C=O) groups is 1. The molecule has 202 valence electrons. The van der Waals surface area contributed by atoms with Gasteiger partial charge in [-0.25, -0.2) is 4.98 Å². The van der Waals surface area contributed by atoms with Crippen LogP contribution in [0.1, 0.15) is 43.2 Å². The molecule has 1 saturated heterocycles. The fourth-order valence-corrected chi connectivity index (χ4v) is 5.98. The molecule has 1 aromatic heterocycles. The Labute approximate surface area is 226 Å². The highest BCUT2D eigenvalue weighted by molar-refractivity contribution is 5.76. The molecule has 1 amide bonds. The van der Waals surface area contributed by atoms with E-state index in [1.165, 1.54) is 24.0 Å². The molecule has 0 bridgehead atoms. The zero-order valence-corrected chi connectivity index (χ0v) is 22.6. The molecule has 1 spiro atoms. The molecule has 38 heavy (non-hydrogen) atoms. The number of imidazole rings is 1. The van der Waals surface area contributed by atoms with E-state index in [0.717, 1.165) is 69.9 Å². The number of hydrogen-bond acceptors (Lipinski definition) is 5. The van der Waals surface area contributed by atoms with Crippen LogP contribution in [0.3, 0.4) is 0 Å². The summed E-state index contributed by atoms with van der Waals surface area (Å²) in [7, 11) is 1.71. The van der Waals surface area contributed by atoms with Crippen LogP contribution in [-0.2, 0) is 24.3 Å². The summed E-state index contributed by atoms with van der Waals surface area (Å²) in [4.78, 5) is 21.6. The largest absolute Gasteiger partial charge is 0.497 e. The molecule has 0 radical (unpaired) electrons. The lowest BCUT2D eigenvalue weighted by atomic mass is 9.73. The molecule has 2 aliphatic rings. The molecule has 0 N–H and O–H groups in total. The third kappa shape index (κ3) is 6.76. The number of nitrogens with zero attached hydrogens (tertiary/aromatic N) is 4. The number of fused-ring (bicyclic) bond motifs is 1. The molecule has 0 saturated carbocycles. The summed E-state index contributed by atoms with van der Waals surface area (Å²) in [6.45, 7) is 5.44. The van der Waals surface area contributed by atoms with Crippen molar-refractivity contribution in [2.75, 3.05) is 39.9 Å². The number of likely N-dealkylation sites (tertiary alicyclic amines) is 1. The lowest BCUT2D eigenvalue weighted by Gasteiger charge is -2.45. The van der Waals surface area contributed by atoms with Crippen molar-refractivity contribution in [1.29, 1.82) is 0 Å². The topological polar surface area (TPSA) is 59.8 Å². The Morgan fingerprint density at radius 1 is 1.03 bits per heavy atom. The first-order chi connectivity index (χ1) is 18.6. The monoisotopic (exact) mass is 516 g/mol. The van der Waals surface area contributed by atoms with E-state index in [1.807, 2.05) is 22.9 Å². The number of para-hydroxylation sites is 1. The fourth-order valence-electron chi connectivity index (χ4n) is 5.98. The highest BCUT2D eigenvalue weighted by Crippen LogP contribution is 2.39. The van der Waals surface area contributed by atoms with Gasteiger partial charge in [-0.15, -0.1) is 0 Å². The smallest absolute Gasteiger partial charge is 0.242 e. The molecule has 0 unspecified atom stereocenters. The van der Waals surface area contributed by atoms with Crippen molar-refractivity contribution in [2.24, 2.45) is 5.41 Å². The molecule has 1 fully saturated rings. The van der Waals surface area contributed by atoms with Gasteiger partial charge in [0.2, 0.25) is 5.91 Å². The third-order valence-electron chi connectivity index (χ3n) is 8.22. The quantitative estimate of drug-likeness (QED) is 0.487. The van der Waals surface area contributed by atoms with E-state index in [0.29, 0.717) is 13.2 Å². The lowest BCUT2D eigenvalue weighted by molar-refractivity contribution is -0.134. The number of ether oxygens (including phenoxy) is 2. The van der Waals surface area contributed by atoms with Gasteiger partial charge in [0.15, 0.2) is 0 Å². The normalized spacial score (nSPS) is 18.6. The number of benzene rings is 2. The number of methoxy groups -OCH3 is 1. The molecule has 5 rings (SSSR count). The van der Waals surface area contributed by atoms with Crippen LogP contribution in [0.5, 0.6) is 11.5 Å². The van der Waals surface area contributed by atoms with Gasteiger partial charge in [-0.1, -0.05) is 36.8 Å². The molecule has 7 heteroatoms. The molecule has 0 aliphatic carbocycles. The number of aryl methyl sites for hydroxylation is 1. The molecular weight excluding hydrogens is 476 g/mol. The summed E-state index contributed by atoms with van der Waals surface area (Å²) in [5.41, 5.74) is 2.79. The van der Waals surface area contributed by atoms with Crippen LogP contribution >= 0.6 is 0 Å². The van der Waals surface area contributed by atoms with Crippen LogP contribution in [0.25, 0.3) is 0 Å². The van der Waals surface area contributed by atoms with Crippen LogP contribution in [0.4, 0.5) is 0 Å². The van der Waals surface area contributed by atoms with Crippen LogP contribution < -0.4 is 9.47 Å². The van der Waals surface area contributed by atoms with Gasteiger partial charge in [0, 0.05) is 45.1 Å². The number of aromatic nitrogens is 2. The second-order valence-electron chi connectivity index (χ2n) is 10.8. The van der Waals surface area contributed by atoms with Gasteiger partial charge < -0.3 is 18.9 Å². The second-order valence-corrected chi connectivity index (χ2v) is 10.8. The predicted octanol–water partition coefficient (Wildman–Crippen LogP) is 4.81. The first kappa shape index (κ1) is 26.3. The highest BCUT2D eigenvalue weighted by atomic mass is 16.5. The Kier molecular flexibility index (Phi) is 8.64. The van der Waals surface area contributed by atoms with E-state index in [-0.39, 0.29) is 11.3 Å². The van der Waals surface area contributed by atoms with Gasteiger partial charge in [0.25, 0.3) is 0 Å². The summed E-state index contributed by atoms with van der Waals surface area (Å²) in [6.07, 6.45) is 12.0. The zero-order chi connectivity index (χ0) is 26.2. The van der Waals surface area contributed by atoms with E-state index in [1.54, 1.807) is 19.6 Å². The van der Waals surface area contributed by atoms with Crippen LogP contribution in [-0.4, -0.2) is 65.2 Å². The average Bonchev–Trinajstić information content (AvgIpc) is 3.45. The van der Waals surface area contributed by atoms with Crippen molar-refractivity contribution in [3.05, 3.63) is 78.4 Å². The Balaban J connectivity index is 1.30. The molecule has 7 nitrogen and oxygen atoms in total. The summed E-state index contributed by atoms with van der Waals surface area (Å²) < 4.78 is 13.5. The maximum atomic E-state index is 13.0. The Morgan fingerprint density at radius 3 is 2.61 bits per heavy atom. The molecular formula is C31H40N4O3. The van der Waals surface area contributed by atoms with Crippen LogP contribution in [0.15, 0.2) is 67.3 Å². The van der Waals surface area contributed by atoms with Gasteiger partial charge >= 0.3 is 0 Å². The van der Waals surface area contributed by atoms with E-state index in [2.05, 4.69) is 51.2 Å². The van der Waals surface area contributed by atoms with E-state index in [4.69, 9.17) is 9.47 Å². The maximum Gasteiger partial charge on any atom is 0.242 e. The standard InChI is InChI=1S/C31H40N4O3/c1-37-28-11-9-26(10-12-28)22-33-20-21-38-29-8-3-2-6-27(29)7-4-5-13-31(24-33)14-17-35(18-15-31)30(36)23-34-19-16-32-25-34/h2-3,6,8-12,16,19,25H,4-5,7,13-15,17-18,20-24H2,1H3. The van der Waals surface area contributed by atoms with Crippen molar-refractivity contribution in [1.82, 2.24) is 19.4 Å². The van der Waals surface area contributed by atoms with Crippen molar-refractivity contribution in [3.8, 4) is 11.5 Å². The molecule has 3 heterocycles. The second kappa shape index (κ2) is 12.5. The molecule has 2 aromatic carbocycles. The first-order valence-electron chi connectivity index (χ1n) is 13.9. The van der Waals surface area contributed by atoms with Crippen LogP contribution in [0, 0.1) is 5.41 Å². The third-order valence-corrected chi connectivity index (χ3v) is 8.22. The van der Waals surface area contributed by atoms with Crippen molar-refractivity contribution in [2.45, 2.75) is 51.6 Å². The van der Waals surface area contributed by atoms with Gasteiger partial charge in [-0.05, 0) is 66.8 Å². The SMILES string of the molecule is COc1ccc(CN2CCOc3ccccc3CCCCC3(CCN(C(=O)Cn4ccnc4)CC3)C2)cc1. The lowest BCUT2D eigenvalue weighted by Crippen LogP contribution is -2.49. The van der Waals surface area contributed by atoms with Gasteiger partial charge in [-0.3, -0.25) is 9.69 Å². The summed E-state index contributed by atoms with van der Waals surface area (Å²) in [5, 5.41) is 0. The Bertz CT molecular complexity index is 1150. The van der Waals surface area contributed by atoms with E-state index >= 15 is 0 Å². The van der Waals surface area contributed by atoms with Crippen molar-refractivity contribution >= 4 is 5.91 Å². The summed E-state index contributed by atoms with van der Waals surface area (Å²) >= 11 is 0. The number of piperidine rings is 1. The number of rotatable bonds is 5. The minimum Gasteiger partial charge on any atom is -0.497 e. The van der Waals surface area contributed by atoms with Gasteiger partial charge in [-0.2, -0.15) is 0 Å². The number of amides is 1. The van der Waals surface area contributed by atoms with E-state index < -0.39 is 0 Å². The number of carbonyl (C=O) groups excluding carboxylic acids is 1. The summed E-state index contributed by atoms with van der Waals surface area (Å²) in [6, 6.07) is 16.9. The average molecular weight is 517 g/mol. The number of hydrogen-bond donors (Lipinski definition) is 0. The van der Waals surface area contributed by atoms with E-state index in [9.17, 15) is 4.79 Å². The minimum atomic E-state index is 0.186. The first-order valence-corrected chi connectivity index (χ1v) is 13.9. The minimum absolute atomic E-state index is 0.186. The predicted molar refractivity (Wildman–Crippen MR) is 148 cm³/mol. The zero-order valence-electron chi connectivity index (χ0n) is 22.6. The molecule has 0 atom stereocenters. The van der Waals surface area contributed by atoms with Crippen molar-refractivity contribution < 1.29 is 14.3 Å². The van der Waals surface area contributed by atoms with Gasteiger partial charge in [0.1, 0.15) is 24.7 Å². The molecule has 2 aliphatic heterocycles. The highest BCUT2D eigenvalue weighted by Gasteiger charge is 2.37. The maximum absolute atomic E-state index is 13.0. The van der Waals surface area contributed by atoms with Crippen LogP contribution in [0.2, 0.25) is 0 Å². The Morgan fingerprint density at radius 2 is 1.84 bits per heavy atom. The Hall–Kier alpha value is -3.32.